The summed E-state index contributed by atoms with van der Waals surface area (Å²) in [7, 11) is 0. The van der Waals surface area contributed by atoms with E-state index in [1.165, 1.54) is 0 Å². The summed E-state index contributed by atoms with van der Waals surface area (Å²) in [4.78, 5) is 10.7. The second kappa shape index (κ2) is 6.64. The Bertz CT molecular complexity index is 309. The van der Waals surface area contributed by atoms with Gasteiger partial charge in [0.05, 0.1) is 4.47 Å². The number of rotatable bonds is 3. The summed E-state index contributed by atoms with van der Waals surface area (Å²) in [5, 5.41) is 0. The van der Waals surface area contributed by atoms with Crippen LogP contribution in [0.5, 0.6) is 5.75 Å². The third kappa shape index (κ3) is 3.95. The van der Waals surface area contributed by atoms with Gasteiger partial charge in [0, 0.05) is 0 Å². The van der Waals surface area contributed by atoms with Crippen molar-refractivity contribution in [2.24, 2.45) is 5.84 Å². The molecule has 4 nitrogen and oxygen atoms in total. The van der Waals surface area contributed by atoms with Gasteiger partial charge >= 0.3 is 0 Å². The van der Waals surface area contributed by atoms with E-state index < -0.39 is 0 Å². The van der Waals surface area contributed by atoms with Gasteiger partial charge < -0.3 is 4.74 Å². The molecule has 0 bridgehead atoms. The van der Waals surface area contributed by atoms with Crippen LogP contribution in [-0.4, -0.2) is 12.5 Å². The zero-order valence-corrected chi connectivity index (χ0v) is 9.60. The number of nitrogens with one attached hydrogen (secondary N) is 1. The summed E-state index contributed by atoms with van der Waals surface area (Å²) in [5.74, 6) is 5.13. The molecule has 0 saturated heterocycles. The van der Waals surface area contributed by atoms with Gasteiger partial charge in [-0.2, -0.15) is 0 Å². The summed E-state index contributed by atoms with van der Waals surface area (Å²) in [6.45, 7) is -0.0842. The maximum Gasteiger partial charge on any atom is 0.271 e. The minimum absolute atomic E-state index is 0. The van der Waals surface area contributed by atoms with Gasteiger partial charge in [-0.15, -0.1) is 12.4 Å². The highest BCUT2D eigenvalue weighted by Crippen LogP contribution is 2.23. The topological polar surface area (TPSA) is 64.3 Å². The number of ether oxygens (including phenoxy) is 1. The molecule has 0 saturated carbocycles. The van der Waals surface area contributed by atoms with Gasteiger partial charge in [0.15, 0.2) is 6.61 Å². The number of carbonyl (C=O) groups is 1. The van der Waals surface area contributed by atoms with Gasteiger partial charge in [-0.3, -0.25) is 10.2 Å². The van der Waals surface area contributed by atoms with Crippen LogP contribution in [0.2, 0.25) is 0 Å². The van der Waals surface area contributed by atoms with E-state index in [4.69, 9.17) is 10.6 Å². The monoisotopic (exact) mass is 280 g/mol. The summed E-state index contributed by atoms with van der Waals surface area (Å²) >= 11 is 3.28. The van der Waals surface area contributed by atoms with E-state index in [1.807, 2.05) is 23.6 Å². The number of benzene rings is 1. The molecule has 0 radical (unpaired) electrons. The SMILES string of the molecule is Cl.NNC(=O)COc1ccccc1Br. The van der Waals surface area contributed by atoms with Crippen LogP contribution in [0.15, 0.2) is 28.7 Å². The van der Waals surface area contributed by atoms with E-state index in [2.05, 4.69) is 15.9 Å². The Morgan fingerprint density at radius 1 is 1.50 bits per heavy atom. The van der Waals surface area contributed by atoms with Gasteiger partial charge in [-0.05, 0) is 28.1 Å². The fourth-order valence-corrected chi connectivity index (χ4v) is 1.15. The second-order valence-corrected chi connectivity index (χ2v) is 3.14. The summed E-state index contributed by atoms with van der Waals surface area (Å²) in [5.41, 5.74) is 1.98. The maximum atomic E-state index is 10.7. The van der Waals surface area contributed by atoms with Crippen molar-refractivity contribution >= 4 is 34.2 Å². The quantitative estimate of drug-likeness (QED) is 0.498. The van der Waals surface area contributed by atoms with E-state index in [0.717, 1.165) is 4.47 Å². The van der Waals surface area contributed by atoms with E-state index in [9.17, 15) is 4.79 Å². The molecule has 1 rings (SSSR count). The minimum Gasteiger partial charge on any atom is -0.483 e. The van der Waals surface area contributed by atoms with Gasteiger partial charge in [0.2, 0.25) is 0 Å². The number of carbonyl (C=O) groups excluding carboxylic acids is 1. The van der Waals surface area contributed by atoms with Crippen LogP contribution in [-0.2, 0) is 4.79 Å². The molecular formula is C8H10BrClN2O2. The molecule has 78 valence electrons. The molecule has 0 aliphatic carbocycles. The van der Waals surface area contributed by atoms with Crippen LogP contribution in [0.25, 0.3) is 0 Å². The lowest BCUT2D eigenvalue weighted by molar-refractivity contribution is -0.123. The molecule has 0 spiro atoms. The van der Waals surface area contributed by atoms with Crippen molar-refractivity contribution in [3.63, 3.8) is 0 Å². The molecule has 0 heterocycles. The van der Waals surface area contributed by atoms with Crippen molar-refractivity contribution < 1.29 is 9.53 Å². The Morgan fingerprint density at radius 3 is 2.71 bits per heavy atom. The first-order chi connectivity index (χ1) is 6.24. The third-order valence-electron chi connectivity index (χ3n) is 1.36. The second-order valence-electron chi connectivity index (χ2n) is 2.29. The van der Waals surface area contributed by atoms with E-state index in [1.54, 1.807) is 6.07 Å². The molecule has 3 N–H and O–H groups in total. The zero-order valence-electron chi connectivity index (χ0n) is 7.20. The number of hydrazine groups is 1. The first-order valence-corrected chi connectivity index (χ1v) is 4.40. The number of para-hydroxylation sites is 1. The van der Waals surface area contributed by atoms with E-state index in [0.29, 0.717) is 5.75 Å². The highest BCUT2D eigenvalue weighted by Gasteiger charge is 2.02. The molecule has 0 aliphatic heterocycles. The van der Waals surface area contributed by atoms with Crippen LogP contribution in [0.4, 0.5) is 0 Å². The first-order valence-electron chi connectivity index (χ1n) is 3.61. The molecule has 6 heteroatoms. The Kier molecular flexibility index (Phi) is 6.27. The predicted molar refractivity (Wildman–Crippen MR) is 59.2 cm³/mol. The van der Waals surface area contributed by atoms with Crippen LogP contribution in [0.3, 0.4) is 0 Å². The average Bonchev–Trinajstić information content (AvgIpc) is 2.16. The summed E-state index contributed by atoms with van der Waals surface area (Å²) in [6, 6.07) is 7.27. The average molecular weight is 282 g/mol. The molecule has 14 heavy (non-hydrogen) atoms. The van der Waals surface area contributed by atoms with Crippen LogP contribution in [0.1, 0.15) is 0 Å². The normalized spacial score (nSPS) is 8.71. The third-order valence-corrected chi connectivity index (χ3v) is 2.01. The Labute approximate surface area is 96.3 Å². The van der Waals surface area contributed by atoms with Crippen LogP contribution < -0.4 is 16.0 Å². The lowest BCUT2D eigenvalue weighted by atomic mass is 10.3. The highest BCUT2D eigenvalue weighted by atomic mass is 79.9. The predicted octanol–water partition coefficient (Wildman–Crippen LogP) is 1.24. The van der Waals surface area contributed by atoms with E-state index in [-0.39, 0.29) is 24.9 Å². The van der Waals surface area contributed by atoms with Crippen molar-refractivity contribution in [1.29, 1.82) is 0 Å². The number of hydrogen-bond donors (Lipinski definition) is 2. The molecular weight excluding hydrogens is 271 g/mol. The van der Waals surface area contributed by atoms with Crippen molar-refractivity contribution in [2.75, 3.05) is 6.61 Å². The summed E-state index contributed by atoms with van der Waals surface area (Å²) < 4.78 is 5.96. The molecule has 1 amide bonds. The molecule has 0 unspecified atom stereocenters. The fourth-order valence-electron chi connectivity index (χ4n) is 0.747. The van der Waals surface area contributed by atoms with Gasteiger partial charge in [-0.1, -0.05) is 12.1 Å². The smallest absolute Gasteiger partial charge is 0.271 e. The zero-order chi connectivity index (χ0) is 9.68. The number of amides is 1. The van der Waals surface area contributed by atoms with Crippen molar-refractivity contribution in [3.05, 3.63) is 28.7 Å². The number of hydrogen-bond acceptors (Lipinski definition) is 3. The van der Waals surface area contributed by atoms with Crippen LogP contribution >= 0.6 is 28.3 Å². The van der Waals surface area contributed by atoms with Gasteiger partial charge in [-0.25, -0.2) is 5.84 Å². The minimum atomic E-state index is -0.365. The van der Waals surface area contributed by atoms with Crippen LogP contribution in [0, 0.1) is 0 Å². The number of halogens is 2. The molecule has 1 aromatic carbocycles. The lowest BCUT2D eigenvalue weighted by Gasteiger charge is -2.05. The molecule has 1 aromatic rings. The molecule has 0 aliphatic rings. The molecule has 0 aromatic heterocycles. The standard InChI is InChI=1S/C8H9BrN2O2.ClH/c9-6-3-1-2-4-7(6)13-5-8(12)11-10;/h1-4H,5,10H2,(H,11,12);1H. The summed E-state index contributed by atoms with van der Waals surface area (Å²) in [6.07, 6.45) is 0. The lowest BCUT2D eigenvalue weighted by Crippen LogP contribution is -2.34. The Morgan fingerprint density at radius 2 is 2.14 bits per heavy atom. The Balaban J connectivity index is 0.00000169. The van der Waals surface area contributed by atoms with Crippen molar-refractivity contribution in [3.8, 4) is 5.75 Å². The highest BCUT2D eigenvalue weighted by molar-refractivity contribution is 9.10. The molecule has 0 fully saturated rings. The molecule has 0 atom stereocenters. The van der Waals surface area contributed by atoms with Gasteiger partial charge in [0.1, 0.15) is 5.75 Å². The van der Waals surface area contributed by atoms with E-state index >= 15 is 0 Å². The van der Waals surface area contributed by atoms with Crippen molar-refractivity contribution in [1.82, 2.24) is 5.43 Å². The maximum absolute atomic E-state index is 10.7. The first kappa shape index (κ1) is 13.2. The Hall–Kier alpha value is -0.780. The number of nitrogens with two attached hydrogens (primary N) is 1. The van der Waals surface area contributed by atoms with Gasteiger partial charge in [0.25, 0.3) is 5.91 Å². The largest absolute Gasteiger partial charge is 0.483 e. The van der Waals surface area contributed by atoms with Crippen molar-refractivity contribution in [2.45, 2.75) is 0 Å². The fraction of sp³-hybridized carbons (Fsp3) is 0.125.